The van der Waals surface area contributed by atoms with E-state index in [0.717, 1.165) is 34.3 Å². The highest BCUT2D eigenvalue weighted by Crippen LogP contribution is 2.20. The van der Waals surface area contributed by atoms with E-state index in [1.165, 1.54) is 0 Å². The van der Waals surface area contributed by atoms with Crippen LogP contribution in [0.2, 0.25) is 5.02 Å². The zero-order chi connectivity index (χ0) is 21.6. The fraction of sp³-hybridized carbons (Fsp3) is 0.125. The molecule has 0 aliphatic heterocycles. The van der Waals surface area contributed by atoms with Gasteiger partial charge in [-0.25, -0.2) is 4.98 Å². The first-order valence-electron chi connectivity index (χ1n) is 9.93. The highest BCUT2D eigenvalue weighted by atomic mass is 35.5. The van der Waals surface area contributed by atoms with E-state index in [9.17, 15) is 4.79 Å². The maximum absolute atomic E-state index is 12.4. The Morgan fingerprint density at radius 3 is 2.45 bits per heavy atom. The summed E-state index contributed by atoms with van der Waals surface area (Å²) >= 11 is 11.1. The standard InChI is InChI=1S/C24H21ClN4OS/c25-19-11-7-16(8-12-19)13-14-26-23(30)18-9-5-17(6-10-18)15-27-22-20-3-1-2-4-21(20)28-24(31)29-22/h1-12H,13-15H2,(H,26,30)(H2,27,28,29,31). The molecule has 156 valence electrons. The summed E-state index contributed by atoms with van der Waals surface area (Å²) in [5.41, 5.74) is 3.75. The second-order valence-electron chi connectivity index (χ2n) is 7.12. The van der Waals surface area contributed by atoms with Crippen LogP contribution in [0.15, 0.2) is 72.8 Å². The zero-order valence-corrected chi connectivity index (χ0v) is 18.3. The highest BCUT2D eigenvalue weighted by molar-refractivity contribution is 7.71. The summed E-state index contributed by atoms with van der Waals surface area (Å²) in [6, 6.07) is 23.1. The molecular weight excluding hydrogens is 428 g/mol. The number of rotatable bonds is 7. The molecule has 0 radical (unpaired) electrons. The van der Waals surface area contributed by atoms with Gasteiger partial charge in [-0.05, 0) is 66.2 Å². The number of amides is 1. The maximum atomic E-state index is 12.4. The molecule has 7 heteroatoms. The lowest BCUT2D eigenvalue weighted by atomic mass is 10.1. The van der Waals surface area contributed by atoms with Crippen molar-refractivity contribution in [3.63, 3.8) is 0 Å². The lowest BCUT2D eigenvalue weighted by Gasteiger charge is -2.10. The molecule has 0 saturated carbocycles. The van der Waals surface area contributed by atoms with Gasteiger partial charge in [0.25, 0.3) is 5.91 Å². The Hall–Kier alpha value is -3.22. The van der Waals surface area contributed by atoms with Crippen molar-refractivity contribution in [3.8, 4) is 0 Å². The van der Waals surface area contributed by atoms with E-state index in [0.29, 0.717) is 28.4 Å². The van der Waals surface area contributed by atoms with Crippen LogP contribution in [-0.4, -0.2) is 22.4 Å². The van der Waals surface area contributed by atoms with Gasteiger partial charge in [0, 0.05) is 29.1 Å². The Balaban J connectivity index is 1.33. The molecule has 0 fully saturated rings. The molecule has 0 spiro atoms. The van der Waals surface area contributed by atoms with Gasteiger partial charge in [0.1, 0.15) is 5.82 Å². The number of aromatic nitrogens is 2. The topological polar surface area (TPSA) is 69.8 Å². The molecule has 0 unspecified atom stereocenters. The van der Waals surface area contributed by atoms with E-state index in [1.54, 1.807) is 0 Å². The summed E-state index contributed by atoms with van der Waals surface area (Å²) in [7, 11) is 0. The molecule has 1 heterocycles. The average molecular weight is 449 g/mol. The molecule has 3 aromatic carbocycles. The lowest BCUT2D eigenvalue weighted by Crippen LogP contribution is -2.25. The quantitative estimate of drug-likeness (QED) is 0.325. The summed E-state index contributed by atoms with van der Waals surface area (Å²) in [5.74, 6) is 0.652. The van der Waals surface area contributed by atoms with Crippen molar-refractivity contribution in [2.24, 2.45) is 0 Å². The first-order valence-corrected chi connectivity index (χ1v) is 10.7. The summed E-state index contributed by atoms with van der Waals surface area (Å²) in [4.78, 5) is 19.9. The van der Waals surface area contributed by atoms with Gasteiger partial charge in [0.15, 0.2) is 4.77 Å². The number of nitrogens with zero attached hydrogens (tertiary/aromatic N) is 1. The molecule has 0 bridgehead atoms. The molecule has 1 aromatic heterocycles. The number of carbonyl (C=O) groups is 1. The number of carbonyl (C=O) groups excluding carboxylic acids is 1. The fourth-order valence-corrected chi connectivity index (χ4v) is 3.60. The van der Waals surface area contributed by atoms with Crippen molar-refractivity contribution < 1.29 is 4.79 Å². The molecule has 0 saturated heterocycles. The zero-order valence-electron chi connectivity index (χ0n) is 16.7. The number of hydrogen-bond acceptors (Lipinski definition) is 4. The third-order valence-electron chi connectivity index (χ3n) is 4.93. The minimum atomic E-state index is -0.0875. The number of H-pyrrole nitrogens is 1. The molecule has 3 N–H and O–H groups in total. The van der Waals surface area contributed by atoms with Crippen LogP contribution in [0.5, 0.6) is 0 Å². The van der Waals surface area contributed by atoms with Crippen LogP contribution in [-0.2, 0) is 13.0 Å². The number of benzene rings is 3. The summed E-state index contributed by atoms with van der Waals surface area (Å²) < 4.78 is 0.437. The SMILES string of the molecule is O=C(NCCc1ccc(Cl)cc1)c1ccc(CNc2nc(=S)[nH]c3ccccc23)cc1. The normalized spacial score (nSPS) is 10.7. The van der Waals surface area contributed by atoms with Gasteiger partial charge in [0.2, 0.25) is 0 Å². The summed E-state index contributed by atoms with van der Waals surface area (Å²) in [6.45, 7) is 1.14. The number of anilines is 1. The van der Waals surface area contributed by atoms with Crippen molar-refractivity contribution in [3.05, 3.63) is 99.3 Å². The molecule has 4 rings (SSSR count). The van der Waals surface area contributed by atoms with Crippen LogP contribution in [0, 0.1) is 4.77 Å². The van der Waals surface area contributed by atoms with Gasteiger partial charge in [-0.3, -0.25) is 4.79 Å². The third-order valence-corrected chi connectivity index (χ3v) is 5.37. The third kappa shape index (κ3) is 5.48. The van der Waals surface area contributed by atoms with Gasteiger partial charge in [0.05, 0.1) is 5.52 Å². The summed E-state index contributed by atoms with van der Waals surface area (Å²) in [5, 5.41) is 7.98. The average Bonchev–Trinajstić information content (AvgIpc) is 2.79. The highest BCUT2D eigenvalue weighted by Gasteiger charge is 2.06. The number of para-hydroxylation sites is 1. The van der Waals surface area contributed by atoms with Crippen molar-refractivity contribution in [2.75, 3.05) is 11.9 Å². The summed E-state index contributed by atoms with van der Waals surface area (Å²) in [6.07, 6.45) is 0.755. The van der Waals surface area contributed by atoms with Crippen LogP contribution in [0.3, 0.4) is 0 Å². The first-order chi connectivity index (χ1) is 15.1. The van der Waals surface area contributed by atoms with Crippen LogP contribution in [0.4, 0.5) is 5.82 Å². The number of hydrogen-bond donors (Lipinski definition) is 3. The molecule has 5 nitrogen and oxygen atoms in total. The van der Waals surface area contributed by atoms with Crippen LogP contribution in [0.25, 0.3) is 10.9 Å². The van der Waals surface area contributed by atoms with Gasteiger partial charge >= 0.3 is 0 Å². The Morgan fingerprint density at radius 1 is 0.968 bits per heavy atom. The maximum Gasteiger partial charge on any atom is 0.251 e. The smallest absolute Gasteiger partial charge is 0.251 e. The predicted molar refractivity (Wildman–Crippen MR) is 128 cm³/mol. The molecule has 4 aromatic rings. The van der Waals surface area contributed by atoms with Crippen LogP contribution < -0.4 is 10.6 Å². The van der Waals surface area contributed by atoms with E-state index in [4.69, 9.17) is 23.8 Å². The Morgan fingerprint density at radius 2 is 1.68 bits per heavy atom. The molecule has 1 amide bonds. The fourth-order valence-electron chi connectivity index (χ4n) is 3.27. The number of halogens is 1. The van der Waals surface area contributed by atoms with Crippen molar-refractivity contribution in [2.45, 2.75) is 13.0 Å². The monoisotopic (exact) mass is 448 g/mol. The molecule has 0 aliphatic carbocycles. The molecular formula is C24H21ClN4OS. The predicted octanol–water partition coefficient (Wildman–Crippen LogP) is 5.53. The Kier molecular flexibility index (Phi) is 6.60. The van der Waals surface area contributed by atoms with Crippen molar-refractivity contribution in [1.82, 2.24) is 15.3 Å². The molecule has 0 atom stereocenters. The van der Waals surface area contributed by atoms with E-state index in [1.807, 2.05) is 72.8 Å². The van der Waals surface area contributed by atoms with Gasteiger partial charge < -0.3 is 15.6 Å². The number of aromatic amines is 1. The van der Waals surface area contributed by atoms with Crippen molar-refractivity contribution in [1.29, 1.82) is 0 Å². The van der Waals surface area contributed by atoms with E-state index < -0.39 is 0 Å². The number of nitrogens with one attached hydrogen (secondary N) is 3. The second kappa shape index (κ2) is 9.73. The minimum Gasteiger partial charge on any atom is -0.365 e. The van der Waals surface area contributed by atoms with Gasteiger partial charge in [-0.2, -0.15) is 0 Å². The van der Waals surface area contributed by atoms with Crippen LogP contribution in [0.1, 0.15) is 21.5 Å². The lowest BCUT2D eigenvalue weighted by molar-refractivity contribution is 0.0954. The van der Waals surface area contributed by atoms with Crippen molar-refractivity contribution >= 4 is 46.4 Å². The van der Waals surface area contributed by atoms with E-state index in [2.05, 4.69) is 20.6 Å². The minimum absolute atomic E-state index is 0.0875. The molecule has 0 aliphatic rings. The van der Waals surface area contributed by atoms with Crippen LogP contribution >= 0.6 is 23.8 Å². The Bertz CT molecular complexity index is 1250. The van der Waals surface area contributed by atoms with Gasteiger partial charge in [-0.15, -0.1) is 0 Å². The van der Waals surface area contributed by atoms with E-state index in [-0.39, 0.29) is 5.91 Å². The first kappa shape index (κ1) is 21.0. The molecule has 31 heavy (non-hydrogen) atoms. The van der Waals surface area contributed by atoms with Gasteiger partial charge in [-0.1, -0.05) is 48.0 Å². The van der Waals surface area contributed by atoms with E-state index >= 15 is 0 Å². The second-order valence-corrected chi connectivity index (χ2v) is 7.94. The Labute approximate surface area is 190 Å². The number of fused-ring (bicyclic) bond motifs is 1. The largest absolute Gasteiger partial charge is 0.365 e.